The highest BCUT2D eigenvalue weighted by atomic mass is 35.5. The zero-order valence-corrected chi connectivity index (χ0v) is 27.2. The summed E-state index contributed by atoms with van der Waals surface area (Å²) < 4.78 is 25.0. The summed E-state index contributed by atoms with van der Waals surface area (Å²) in [7, 11) is 0. The smallest absolute Gasteiger partial charge is 0.344 e. The van der Waals surface area contributed by atoms with Crippen LogP contribution in [0.5, 0.6) is 5.75 Å². The molecule has 1 aromatic heterocycles. The Morgan fingerprint density at radius 2 is 1.64 bits per heavy atom. The molecule has 14 heteroatoms. The number of carbonyl (C=O) groups excluding carboxylic acids is 3. The molecule has 0 saturated heterocycles. The van der Waals surface area contributed by atoms with Crippen LogP contribution in [0, 0.1) is 5.82 Å². The summed E-state index contributed by atoms with van der Waals surface area (Å²) in [6, 6.07) is 2.15. The molecule has 240 valence electrons. The second kappa shape index (κ2) is 16.0. The zero-order valence-electron chi connectivity index (χ0n) is 25.7. The lowest BCUT2D eigenvalue weighted by Gasteiger charge is -2.20. The molecule has 0 spiro atoms. The van der Waals surface area contributed by atoms with E-state index in [0.29, 0.717) is 42.5 Å². The minimum atomic E-state index is -0.814. The lowest BCUT2D eigenvalue weighted by atomic mass is 9.93. The van der Waals surface area contributed by atoms with Crippen molar-refractivity contribution in [3.63, 3.8) is 0 Å². The van der Waals surface area contributed by atoms with Crippen molar-refractivity contribution < 1.29 is 28.2 Å². The molecular weight excluding hydrogens is 614 g/mol. The van der Waals surface area contributed by atoms with E-state index in [0.717, 1.165) is 49.6 Å². The third kappa shape index (κ3) is 9.75. The molecule has 2 heterocycles. The molecule has 0 atom stereocenters. The minimum Gasteiger partial charge on any atom is -0.480 e. The number of halogens is 3. The van der Waals surface area contributed by atoms with Crippen LogP contribution in [0.4, 0.5) is 22.0 Å². The Morgan fingerprint density at radius 1 is 1.00 bits per heavy atom. The Morgan fingerprint density at radius 3 is 2.23 bits per heavy atom. The summed E-state index contributed by atoms with van der Waals surface area (Å²) >= 11 is 11.8. The van der Waals surface area contributed by atoms with Gasteiger partial charge in [0.25, 0.3) is 11.8 Å². The Balaban J connectivity index is 0.000000297. The predicted octanol–water partition coefficient (Wildman–Crippen LogP) is 6.50. The molecule has 4 rings (SSSR count). The standard InChI is InChI=1S/C21H23ClFNO5.C9H16ClN5/c1-2-3-6-9-28-19(25)12-29-18-11-17(16(23)10-15(18)22)24-20(26)13-7-4-5-8-14(13)21(24)27;1-5-11-7-12-6(10)13-8(14-7)15-9(2,3)4/h10-11H,2-9,12H2,1H3;5H2,1-4H3,(H2,11,12,13,14,15). The van der Waals surface area contributed by atoms with Crippen molar-refractivity contribution >= 4 is 58.6 Å². The monoisotopic (exact) mass is 652 g/mol. The van der Waals surface area contributed by atoms with E-state index in [-0.39, 0.29) is 27.3 Å². The van der Waals surface area contributed by atoms with Gasteiger partial charge in [-0.2, -0.15) is 15.0 Å². The first-order valence-corrected chi connectivity index (χ1v) is 15.4. The van der Waals surface area contributed by atoms with Gasteiger partial charge in [0, 0.05) is 29.3 Å². The number of nitrogens with one attached hydrogen (secondary N) is 2. The number of ether oxygens (including phenoxy) is 2. The highest BCUT2D eigenvalue weighted by Crippen LogP contribution is 2.39. The fourth-order valence-corrected chi connectivity index (χ4v) is 4.82. The number of hydrogen-bond acceptors (Lipinski definition) is 10. The first-order chi connectivity index (χ1) is 20.8. The highest BCUT2D eigenvalue weighted by Gasteiger charge is 2.41. The quantitative estimate of drug-likeness (QED) is 0.157. The topological polar surface area (TPSA) is 136 Å². The van der Waals surface area contributed by atoms with Crippen molar-refractivity contribution in [3.05, 3.63) is 39.4 Å². The lowest BCUT2D eigenvalue weighted by molar-refractivity contribution is -0.146. The van der Waals surface area contributed by atoms with Crippen molar-refractivity contribution in [1.29, 1.82) is 0 Å². The first-order valence-electron chi connectivity index (χ1n) is 14.7. The average molecular weight is 654 g/mol. The van der Waals surface area contributed by atoms with Crippen LogP contribution in [0.2, 0.25) is 10.3 Å². The number of amides is 2. The number of imide groups is 1. The van der Waals surface area contributed by atoms with Crippen LogP contribution in [0.1, 0.15) is 79.6 Å². The lowest BCUT2D eigenvalue weighted by Crippen LogP contribution is -2.32. The number of hydrogen-bond donors (Lipinski definition) is 2. The largest absolute Gasteiger partial charge is 0.480 e. The molecule has 2 aromatic rings. The van der Waals surface area contributed by atoms with Gasteiger partial charge in [0.05, 0.1) is 17.3 Å². The van der Waals surface area contributed by atoms with E-state index in [4.69, 9.17) is 32.7 Å². The van der Waals surface area contributed by atoms with Crippen molar-refractivity contribution in [1.82, 2.24) is 15.0 Å². The third-order valence-electron chi connectivity index (χ3n) is 6.42. The fraction of sp³-hybridized carbons (Fsp3) is 0.533. The van der Waals surface area contributed by atoms with Crippen molar-refractivity contribution in [2.24, 2.45) is 0 Å². The molecule has 1 aliphatic heterocycles. The SMILES string of the molecule is CCCCCOC(=O)COc1cc(N2C(=O)C3=C(CCCC3)C2=O)c(F)cc1Cl.CCNc1nc(Cl)nc(NC(C)(C)C)n1. The maximum Gasteiger partial charge on any atom is 0.344 e. The van der Waals surface area contributed by atoms with Gasteiger partial charge in [-0.25, -0.2) is 14.1 Å². The number of rotatable bonds is 11. The number of unbranched alkanes of at least 4 members (excludes halogenated alkanes) is 2. The fourth-order valence-electron chi connectivity index (χ4n) is 4.45. The summed E-state index contributed by atoms with van der Waals surface area (Å²) in [6.07, 6.45) is 5.40. The van der Waals surface area contributed by atoms with E-state index in [2.05, 4.69) is 25.6 Å². The highest BCUT2D eigenvalue weighted by molar-refractivity contribution is 6.34. The van der Waals surface area contributed by atoms with E-state index < -0.39 is 30.2 Å². The van der Waals surface area contributed by atoms with Crippen LogP contribution in [-0.2, 0) is 19.1 Å². The van der Waals surface area contributed by atoms with Crippen molar-refractivity contribution in [2.75, 3.05) is 35.3 Å². The van der Waals surface area contributed by atoms with Gasteiger partial charge in [-0.1, -0.05) is 31.4 Å². The number of benzene rings is 1. The molecule has 44 heavy (non-hydrogen) atoms. The second-order valence-electron chi connectivity index (χ2n) is 11.2. The molecule has 0 unspecified atom stereocenters. The maximum atomic E-state index is 14.5. The van der Waals surface area contributed by atoms with Gasteiger partial charge < -0.3 is 20.1 Å². The van der Waals surface area contributed by atoms with Crippen LogP contribution in [0.25, 0.3) is 0 Å². The summed E-state index contributed by atoms with van der Waals surface area (Å²) in [5.74, 6) is -1.43. The molecule has 2 amide bonds. The van der Waals surface area contributed by atoms with Crippen LogP contribution in [0.15, 0.2) is 23.3 Å². The van der Waals surface area contributed by atoms with E-state index in [9.17, 15) is 18.8 Å². The van der Waals surface area contributed by atoms with Gasteiger partial charge in [-0.3, -0.25) is 9.59 Å². The molecule has 11 nitrogen and oxygen atoms in total. The average Bonchev–Trinajstić information content (AvgIpc) is 3.19. The Labute approximate surface area is 266 Å². The normalized spacial score (nSPS) is 14.6. The third-order valence-corrected chi connectivity index (χ3v) is 6.88. The number of nitrogens with zero attached hydrogens (tertiary/aromatic N) is 4. The van der Waals surface area contributed by atoms with Gasteiger partial charge in [0.2, 0.25) is 17.2 Å². The van der Waals surface area contributed by atoms with E-state index in [1.807, 2.05) is 34.6 Å². The van der Waals surface area contributed by atoms with E-state index >= 15 is 0 Å². The molecule has 0 bridgehead atoms. The van der Waals surface area contributed by atoms with Crippen molar-refractivity contribution in [2.45, 2.75) is 85.1 Å². The summed E-state index contributed by atoms with van der Waals surface area (Å²) in [6.45, 7) is 10.7. The van der Waals surface area contributed by atoms with Crippen LogP contribution >= 0.6 is 23.2 Å². The predicted molar refractivity (Wildman–Crippen MR) is 168 cm³/mol. The second-order valence-corrected chi connectivity index (χ2v) is 12.0. The molecule has 0 fully saturated rings. The minimum absolute atomic E-state index is 0.000883. The molecule has 0 radical (unpaired) electrons. The maximum absolute atomic E-state index is 14.5. The molecule has 1 aliphatic carbocycles. The van der Waals surface area contributed by atoms with E-state index in [1.54, 1.807) is 0 Å². The molecule has 1 aromatic carbocycles. The Hall–Kier alpha value is -3.51. The van der Waals surface area contributed by atoms with Crippen LogP contribution in [-0.4, -0.2) is 58.0 Å². The van der Waals surface area contributed by atoms with Gasteiger partial charge in [-0.05, 0) is 77.5 Å². The molecular formula is C30H39Cl2FN6O5. The number of esters is 1. The summed E-state index contributed by atoms with van der Waals surface area (Å²) in [5.41, 5.74) is 0.571. The van der Waals surface area contributed by atoms with Gasteiger partial charge in [0.1, 0.15) is 11.6 Å². The van der Waals surface area contributed by atoms with Gasteiger partial charge in [-0.15, -0.1) is 0 Å². The van der Waals surface area contributed by atoms with Crippen LogP contribution in [0.3, 0.4) is 0 Å². The van der Waals surface area contributed by atoms with E-state index in [1.165, 1.54) is 6.07 Å². The Kier molecular flexibility index (Phi) is 12.7. The number of aromatic nitrogens is 3. The summed E-state index contributed by atoms with van der Waals surface area (Å²) in [5, 5.41) is 6.24. The summed E-state index contributed by atoms with van der Waals surface area (Å²) in [4.78, 5) is 50.1. The Bertz CT molecular complexity index is 1370. The number of anilines is 3. The van der Waals surface area contributed by atoms with Gasteiger partial charge in [0.15, 0.2) is 6.61 Å². The number of carbonyl (C=O) groups is 3. The van der Waals surface area contributed by atoms with Crippen molar-refractivity contribution in [3.8, 4) is 5.75 Å². The zero-order chi connectivity index (χ0) is 32.4. The molecule has 0 saturated carbocycles. The van der Waals surface area contributed by atoms with Crippen LogP contribution < -0.4 is 20.3 Å². The van der Waals surface area contributed by atoms with Gasteiger partial charge >= 0.3 is 5.97 Å². The molecule has 2 N–H and O–H groups in total. The first kappa shape index (κ1) is 35.0. The molecule has 2 aliphatic rings.